The van der Waals surface area contributed by atoms with Crippen molar-refractivity contribution in [3.63, 3.8) is 0 Å². The van der Waals surface area contributed by atoms with E-state index in [0.717, 1.165) is 0 Å². The largest absolute Gasteiger partial charge is 0.476 e. The van der Waals surface area contributed by atoms with Gasteiger partial charge in [-0.15, -0.1) is 0 Å². The third kappa shape index (κ3) is 1.24. The molecule has 1 aliphatic rings. The topological polar surface area (TPSA) is 84.2 Å². The van der Waals surface area contributed by atoms with Crippen LogP contribution in [0.3, 0.4) is 0 Å². The van der Waals surface area contributed by atoms with Crippen LogP contribution in [0.25, 0.3) is 0 Å². The monoisotopic (exact) mass is 195 g/mol. The molecule has 1 aliphatic heterocycles. The van der Waals surface area contributed by atoms with E-state index in [-0.39, 0.29) is 17.6 Å². The van der Waals surface area contributed by atoms with Crippen molar-refractivity contribution in [3.8, 4) is 0 Å². The van der Waals surface area contributed by atoms with Crippen LogP contribution in [0.2, 0.25) is 0 Å². The molecule has 2 N–H and O–H groups in total. The second-order valence-corrected chi connectivity index (χ2v) is 3.28. The van der Waals surface area contributed by atoms with E-state index in [0.29, 0.717) is 12.2 Å². The Balaban J connectivity index is 2.45. The molecule has 2 rings (SSSR count). The molecular formula is C8H9N3O3. The first-order valence-corrected chi connectivity index (χ1v) is 4.20. The van der Waals surface area contributed by atoms with Crippen molar-refractivity contribution >= 4 is 11.9 Å². The van der Waals surface area contributed by atoms with Crippen LogP contribution in [-0.4, -0.2) is 32.8 Å². The highest BCUT2D eigenvalue weighted by atomic mass is 16.4. The molecule has 0 aliphatic carbocycles. The average molecular weight is 195 g/mol. The summed E-state index contributed by atoms with van der Waals surface area (Å²) in [6, 6.07) is 1.26. The van der Waals surface area contributed by atoms with E-state index >= 15 is 0 Å². The van der Waals surface area contributed by atoms with E-state index < -0.39 is 5.97 Å². The lowest BCUT2D eigenvalue weighted by atomic mass is 10.2. The second-order valence-electron chi connectivity index (χ2n) is 3.28. The molecule has 0 saturated heterocycles. The van der Waals surface area contributed by atoms with Crippen LogP contribution in [0, 0.1) is 0 Å². The summed E-state index contributed by atoms with van der Waals surface area (Å²) in [5, 5.41) is 15.2. The van der Waals surface area contributed by atoms with Crippen LogP contribution < -0.4 is 5.32 Å². The summed E-state index contributed by atoms with van der Waals surface area (Å²) in [6.45, 7) is 2.34. The molecule has 1 aromatic rings. The number of aromatic nitrogens is 2. The zero-order valence-electron chi connectivity index (χ0n) is 7.52. The van der Waals surface area contributed by atoms with Crippen LogP contribution in [0.15, 0.2) is 6.07 Å². The molecule has 14 heavy (non-hydrogen) atoms. The van der Waals surface area contributed by atoms with E-state index in [1.165, 1.54) is 10.7 Å². The molecule has 0 spiro atoms. The summed E-state index contributed by atoms with van der Waals surface area (Å²) in [5.74, 6) is -1.39. The number of amides is 1. The van der Waals surface area contributed by atoms with E-state index in [1.54, 1.807) is 0 Å². The third-order valence-corrected chi connectivity index (χ3v) is 2.06. The molecule has 0 bridgehead atoms. The van der Waals surface area contributed by atoms with Crippen LogP contribution in [0.4, 0.5) is 0 Å². The molecule has 0 aromatic carbocycles. The van der Waals surface area contributed by atoms with Gasteiger partial charge in [0.25, 0.3) is 5.91 Å². The van der Waals surface area contributed by atoms with Gasteiger partial charge in [-0.05, 0) is 6.92 Å². The normalized spacial score (nSPS) is 20.1. The summed E-state index contributed by atoms with van der Waals surface area (Å²) in [5.41, 5.74) is 0.213. The van der Waals surface area contributed by atoms with Crippen molar-refractivity contribution in [2.24, 2.45) is 0 Å². The fourth-order valence-electron chi connectivity index (χ4n) is 1.45. The Morgan fingerprint density at radius 1 is 1.79 bits per heavy atom. The summed E-state index contributed by atoms with van der Waals surface area (Å²) in [6.07, 6.45) is 0. The number of aromatic carboxylic acids is 1. The standard InChI is InChI=1S/C8H9N3O3/c1-4-3-11-6(7(12)9-4)2-5(10-11)8(13)14/h2,4H,3H2,1H3,(H,9,12)(H,13,14)/t4-/m0/s1. The number of carbonyl (C=O) groups excluding carboxylic acids is 1. The Labute approximate surface area is 79.5 Å². The van der Waals surface area contributed by atoms with Gasteiger partial charge < -0.3 is 10.4 Å². The predicted molar refractivity (Wildman–Crippen MR) is 46.1 cm³/mol. The van der Waals surface area contributed by atoms with Gasteiger partial charge in [0.05, 0.1) is 6.54 Å². The van der Waals surface area contributed by atoms with Gasteiger partial charge >= 0.3 is 5.97 Å². The molecular weight excluding hydrogens is 186 g/mol. The van der Waals surface area contributed by atoms with Crippen LogP contribution >= 0.6 is 0 Å². The average Bonchev–Trinajstić information content (AvgIpc) is 2.47. The SMILES string of the molecule is C[C@H]1Cn2nc(C(=O)O)cc2C(=O)N1. The van der Waals surface area contributed by atoms with Crippen molar-refractivity contribution in [2.75, 3.05) is 0 Å². The number of fused-ring (bicyclic) bond motifs is 1. The van der Waals surface area contributed by atoms with Crippen LogP contribution in [-0.2, 0) is 6.54 Å². The molecule has 74 valence electrons. The van der Waals surface area contributed by atoms with Gasteiger partial charge in [0.1, 0.15) is 5.69 Å². The zero-order valence-corrected chi connectivity index (χ0v) is 7.52. The maximum absolute atomic E-state index is 11.4. The second kappa shape index (κ2) is 2.83. The van der Waals surface area contributed by atoms with Gasteiger partial charge in [-0.2, -0.15) is 5.10 Å². The fourth-order valence-corrected chi connectivity index (χ4v) is 1.45. The lowest BCUT2D eigenvalue weighted by molar-refractivity contribution is 0.0688. The van der Waals surface area contributed by atoms with Crippen molar-refractivity contribution in [1.82, 2.24) is 15.1 Å². The first-order chi connectivity index (χ1) is 6.58. The molecule has 0 unspecified atom stereocenters. The summed E-state index contributed by atoms with van der Waals surface area (Å²) >= 11 is 0. The number of carboxylic acid groups (broad SMARTS) is 1. The lowest BCUT2D eigenvalue weighted by Gasteiger charge is -2.20. The molecule has 0 saturated carbocycles. The maximum atomic E-state index is 11.4. The Kier molecular flexibility index (Phi) is 1.77. The first kappa shape index (κ1) is 8.74. The highest BCUT2D eigenvalue weighted by Crippen LogP contribution is 2.10. The molecule has 2 heterocycles. The molecule has 0 radical (unpaired) electrons. The van der Waals surface area contributed by atoms with Gasteiger partial charge in [-0.1, -0.05) is 0 Å². The number of hydrogen-bond donors (Lipinski definition) is 2. The first-order valence-electron chi connectivity index (χ1n) is 4.20. The number of nitrogens with zero attached hydrogens (tertiary/aromatic N) is 2. The predicted octanol–water partition coefficient (Wildman–Crippen LogP) is -0.287. The van der Waals surface area contributed by atoms with Crippen molar-refractivity contribution in [2.45, 2.75) is 19.5 Å². The lowest BCUT2D eigenvalue weighted by Crippen LogP contribution is -2.42. The van der Waals surface area contributed by atoms with Crippen molar-refractivity contribution in [1.29, 1.82) is 0 Å². The minimum absolute atomic E-state index is 0.0171. The van der Waals surface area contributed by atoms with E-state index in [4.69, 9.17) is 5.11 Å². The van der Waals surface area contributed by atoms with Gasteiger partial charge in [0, 0.05) is 12.1 Å². The molecule has 1 aromatic heterocycles. The molecule has 1 atom stereocenters. The number of nitrogens with one attached hydrogen (secondary N) is 1. The van der Waals surface area contributed by atoms with E-state index in [2.05, 4.69) is 10.4 Å². The van der Waals surface area contributed by atoms with Crippen LogP contribution in [0.1, 0.15) is 27.9 Å². The number of hydrogen-bond acceptors (Lipinski definition) is 3. The number of rotatable bonds is 1. The van der Waals surface area contributed by atoms with E-state index in [9.17, 15) is 9.59 Å². The molecule has 6 nitrogen and oxygen atoms in total. The van der Waals surface area contributed by atoms with Gasteiger partial charge in [0.2, 0.25) is 0 Å². The summed E-state index contributed by atoms with van der Waals surface area (Å²) < 4.78 is 1.42. The Bertz CT molecular complexity index is 410. The molecule has 0 fully saturated rings. The number of carbonyl (C=O) groups is 2. The van der Waals surface area contributed by atoms with Gasteiger partial charge in [-0.25, -0.2) is 4.79 Å². The smallest absolute Gasteiger partial charge is 0.356 e. The maximum Gasteiger partial charge on any atom is 0.356 e. The van der Waals surface area contributed by atoms with Crippen molar-refractivity contribution in [3.05, 3.63) is 17.5 Å². The van der Waals surface area contributed by atoms with Crippen molar-refractivity contribution < 1.29 is 14.7 Å². The minimum atomic E-state index is -1.12. The Hall–Kier alpha value is -1.85. The van der Waals surface area contributed by atoms with Gasteiger partial charge in [0.15, 0.2) is 5.69 Å². The summed E-state index contributed by atoms with van der Waals surface area (Å²) in [7, 11) is 0. The zero-order chi connectivity index (χ0) is 10.3. The molecule has 6 heteroatoms. The molecule has 1 amide bonds. The highest BCUT2D eigenvalue weighted by Gasteiger charge is 2.24. The quantitative estimate of drug-likeness (QED) is 0.645. The van der Waals surface area contributed by atoms with E-state index in [1.807, 2.05) is 6.92 Å². The third-order valence-electron chi connectivity index (χ3n) is 2.06. The van der Waals surface area contributed by atoms with Gasteiger partial charge in [-0.3, -0.25) is 9.48 Å². The Morgan fingerprint density at radius 2 is 2.50 bits per heavy atom. The highest BCUT2D eigenvalue weighted by molar-refractivity contribution is 5.96. The summed E-state index contributed by atoms with van der Waals surface area (Å²) in [4.78, 5) is 22.0. The van der Waals surface area contributed by atoms with Crippen LogP contribution in [0.5, 0.6) is 0 Å². The number of carboxylic acids is 1. The minimum Gasteiger partial charge on any atom is -0.476 e. The Morgan fingerprint density at radius 3 is 3.14 bits per heavy atom. The fraction of sp³-hybridized carbons (Fsp3) is 0.375.